The van der Waals surface area contributed by atoms with Gasteiger partial charge in [0.1, 0.15) is 18.2 Å². The van der Waals surface area contributed by atoms with Crippen LogP contribution in [0, 0.1) is 5.82 Å². The molecule has 0 bridgehead atoms. The first-order valence-corrected chi connectivity index (χ1v) is 6.65. The van der Waals surface area contributed by atoms with Crippen molar-refractivity contribution in [3.8, 4) is 5.75 Å². The monoisotopic (exact) mass is 318 g/mol. The molecule has 0 spiro atoms. The molecular formula is C16H15FN2O4. The van der Waals surface area contributed by atoms with Crippen LogP contribution < -0.4 is 15.8 Å². The van der Waals surface area contributed by atoms with Crippen LogP contribution in [0.15, 0.2) is 42.5 Å². The first-order chi connectivity index (χ1) is 11.0. The second kappa shape index (κ2) is 7.26. The van der Waals surface area contributed by atoms with E-state index < -0.39 is 17.8 Å². The van der Waals surface area contributed by atoms with Crippen LogP contribution >= 0.6 is 0 Å². The number of nitrogens with two attached hydrogens (primary N) is 1. The van der Waals surface area contributed by atoms with Gasteiger partial charge in [-0.2, -0.15) is 0 Å². The molecule has 2 rings (SSSR count). The Morgan fingerprint density at radius 1 is 1.22 bits per heavy atom. The minimum atomic E-state index is -0.736. The van der Waals surface area contributed by atoms with E-state index in [-0.39, 0.29) is 12.2 Å². The molecule has 2 amide bonds. The highest BCUT2D eigenvalue weighted by atomic mass is 19.1. The van der Waals surface area contributed by atoms with Gasteiger partial charge in [-0.05, 0) is 36.4 Å². The fourth-order valence-corrected chi connectivity index (χ4v) is 1.95. The van der Waals surface area contributed by atoms with Crippen LogP contribution in [0.1, 0.15) is 15.9 Å². The summed E-state index contributed by atoms with van der Waals surface area (Å²) in [6.45, 7) is -0.146. The molecule has 0 atom stereocenters. The number of halogens is 1. The molecule has 0 unspecified atom stereocenters. The van der Waals surface area contributed by atoms with E-state index in [0.29, 0.717) is 17.0 Å². The Hall–Kier alpha value is -3.09. The van der Waals surface area contributed by atoms with Crippen molar-refractivity contribution in [2.75, 3.05) is 12.4 Å². The van der Waals surface area contributed by atoms with E-state index in [0.717, 1.165) is 0 Å². The molecule has 120 valence electrons. The van der Waals surface area contributed by atoms with E-state index in [1.807, 2.05) is 0 Å². The maximum absolute atomic E-state index is 13.3. The maximum atomic E-state index is 13.3. The van der Waals surface area contributed by atoms with E-state index in [1.54, 1.807) is 12.1 Å². The number of benzene rings is 2. The van der Waals surface area contributed by atoms with Crippen molar-refractivity contribution in [1.82, 2.24) is 0 Å². The lowest BCUT2D eigenvalue weighted by atomic mass is 10.2. The van der Waals surface area contributed by atoms with Crippen molar-refractivity contribution in [3.05, 3.63) is 59.4 Å². The summed E-state index contributed by atoms with van der Waals surface area (Å²) in [6, 6.07) is 9.31. The third-order valence-corrected chi connectivity index (χ3v) is 2.97. The Kier molecular flexibility index (Phi) is 5.14. The second-order valence-electron chi connectivity index (χ2n) is 4.60. The normalized spacial score (nSPS) is 10.0. The van der Waals surface area contributed by atoms with E-state index in [4.69, 9.17) is 15.2 Å². The van der Waals surface area contributed by atoms with Gasteiger partial charge >= 0.3 is 12.0 Å². The number of urea groups is 1. The minimum absolute atomic E-state index is 0.146. The average Bonchev–Trinajstić information content (AvgIpc) is 2.52. The summed E-state index contributed by atoms with van der Waals surface area (Å²) in [6.07, 6.45) is 0. The summed E-state index contributed by atoms with van der Waals surface area (Å²) >= 11 is 0. The Balaban J connectivity index is 2.08. The molecule has 23 heavy (non-hydrogen) atoms. The number of hydrogen-bond acceptors (Lipinski definition) is 4. The lowest BCUT2D eigenvalue weighted by molar-refractivity contribution is 0.0469. The smallest absolute Gasteiger partial charge is 0.338 e. The molecule has 6 nitrogen and oxygen atoms in total. The van der Waals surface area contributed by atoms with Crippen molar-refractivity contribution in [2.24, 2.45) is 5.73 Å². The van der Waals surface area contributed by atoms with Crippen molar-refractivity contribution >= 4 is 17.7 Å². The topological polar surface area (TPSA) is 90.7 Å². The molecule has 0 saturated carbocycles. The molecular weight excluding hydrogens is 303 g/mol. The Morgan fingerprint density at radius 2 is 2.00 bits per heavy atom. The summed E-state index contributed by atoms with van der Waals surface area (Å²) in [5.74, 6) is -0.655. The first-order valence-electron chi connectivity index (χ1n) is 6.65. The number of amides is 2. The fraction of sp³-hybridized carbons (Fsp3) is 0.125. The summed E-state index contributed by atoms with van der Waals surface area (Å²) in [5, 5.41) is 2.36. The van der Waals surface area contributed by atoms with Crippen molar-refractivity contribution < 1.29 is 23.5 Å². The molecule has 0 aromatic heterocycles. The van der Waals surface area contributed by atoms with E-state index >= 15 is 0 Å². The second-order valence-corrected chi connectivity index (χ2v) is 4.60. The zero-order chi connectivity index (χ0) is 16.8. The summed E-state index contributed by atoms with van der Waals surface area (Å²) in [7, 11) is 1.44. The molecule has 3 N–H and O–H groups in total. The average molecular weight is 318 g/mol. The predicted octanol–water partition coefficient (Wildman–Crippen LogP) is 2.68. The van der Waals surface area contributed by atoms with Gasteiger partial charge < -0.3 is 20.5 Å². The molecule has 2 aromatic carbocycles. The highest BCUT2D eigenvalue weighted by Gasteiger charge is 2.11. The lowest BCUT2D eigenvalue weighted by Gasteiger charge is -2.10. The van der Waals surface area contributed by atoms with Crippen LogP contribution in [0.4, 0.5) is 14.9 Å². The fourth-order valence-electron chi connectivity index (χ4n) is 1.95. The highest BCUT2D eigenvalue weighted by molar-refractivity contribution is 5.93. The van der Waals surface area contributed by atoms with Crippen LogP contribution in [0.5, 0.6) is 5.75 Å². The summed E-state index contributed by atoms with van der Waals surface area (Å²) in [4.78, 5) is 22.8. The zero-order valence-corrected chi connectivity index (χ0v) is 12.3. The number of rotatable bonds is 5. The standard InChI is InChI=1S/C16H15FN2O4/c1-22-14-6-5-12(17)7-11(14)9-23-15(20)10-3-2-4-13(8-10)19-16(18)21/h2-8H,9H2,1H3,(H3,18,19,21). The largest absolute Gasteiger partial charge is 0.496 e. The maximum Gasteiger partial charge on any atom is 0.338 e. The molecule has 2 aromatic rings. The van der Waals surface area contributed by atoms with E-state index in [9.17, 15) is 14.0 Å². The van der Waals surface area contributed by atoms with Gasteiger partial charge in [0.25, 0.3) is 0 Å². The zero-order valence-electron chi connectivity index (χ0n) is 12.3. The van der Waals surface area contributed by atoms with E-state index in [2.05, 4.69) is 5.32 Å². The van der Waals surface area contributed by atoms with Crippen molar-refractivity contribution in [1.29, 1.82) is 0 Å². The van der Waals surface area contributed by atoms with Crippen LogP contribution in [-0.2, 0) is 11.3 Å². The quantitative estimate of drug-likeness (QED) is 0.829. The molecule has 0 aliphatic heterocycles. The number of carbonyl (C=O) groups excluding carboxylic acids is 2. The van der Waals surface area contributed by atoms with Crippen LogP contribution in [-0.4, -0.2) is 19.1 Å². The number of primary amides is 1. The lowest BCUT2D eigenvalue weighted by Crippen LogP contribution is -2.19. The third kappa shape index (κ3) is 4.44. The number of ether oxygens (including phenoxy) is 2. The van der Waals surface area contributed by atoms with Gasteiger partial charge in [-0.1, -0.05) is 6.07 Å². The van der Waals surface area contributed by atoms with Crippen molar-refractivity contribution in [3.63, 3.8) is 0 Å². The SMILES string of the molecule is COc1ccc(F)cc1COC(=O)c1cccc(NC(N)=O)c1. The van der Waals surface area contributed by atoms with Crippen LogP contribution in [0.25, 0.3) is 0 Å². The van der Waals surface area contributed by atoms with Crippen molar-refractivity contribution in [2.45, 2.75) is 6.61 Å². The van der Waals surface area contributed by atoms with Gasteiger partial charge in [0.2, 0.25) is 0 Å². The molecule has 0 heterocycles. The number of carbonyl (C=O) groups is 2. The number of anilines is 1. The number of methoxy groups -OCH3 is 1. The van der Waals surface area contributed by atoms with Gasteiger partial charge in [-0.3, -0.25) is 0 Å². The summed E-state index contributed by atoms with van der Waals surface area (Å²) < 4.78 is 23.5. The minimum Gasteiger partial charge on any atom is -0.496 e. The number of hydrogen-bond donors (Lipinski definition) is 2. The van der Waals surface area contributed by atoms with Gasteiger partial charge in [-0.25, -0.2) is 14.0 Å². The molecule has 7 heteroatoms. The molecule has 0 aliphatic carbocycles. The first kappa shape index (κ1) is 16.3. The van der Waals surface area contributed by atoms with Gasteiger partial charge in [0, 0.05) is 11.3 Å². The van der Waals surface area contributed by atoms with Crippen LogP contribution in [0.2, 0.25) is 0 Å². The Morgan fingerprint density at radius 3 is 2.70 bits per heavy atom. The summed E-state index contributed by atoms with van der Waals surface area (Å²) in [5.41, 5.74) is 6.02. The van der Waals surface area contributed by atoms with Gasteiger partial charge in [0.15, 0.2) is 0 Å². The third-order valence-electron chi connectivity index (χ3n) is 2.97. The molecule has 0 fully saturated rings. The van der Waals surface area contributed by atoms with Gasteiger partial charge in [0.05, 0.1) is 12.7 Å². The number of nitrogens with one attached hydrogen (secondary N) is 1. The Labute approximate surface area is 132 Å². The molecule has 0 saturated heterocycles. The van der Waals surface area contributed by atoms with Crippen LogP contribution in [0.3, 0.4) is 0 Å². The Bertz CT molecular complexity index is 734. The predicted molar refractivity (Wildman–Crippen MR) is 81.7 cm³/mol. The van der Waals surface area contributed by atoms with E-state index in [1.165, 1.54) is 37.4 Å². The van der Waals surface area contributed by atoms with Gasteiger partial charge in [-0.15, -0.1) is 0 Å². The molecule has 0 aliphatic rings. The molecule has 0 radical (unpaired) electrons. The number of esters is 1. The highest BCUT2D eigenvalue weighted by Crippen LogP contribution is 2.21.